The number of carbonyl (C=O) groups excluding carboxylic acids is 1. The molecule has 0 unspecified atom stereocenters. The fraction of sp³-hybridized carbons (Fsp3) is 0.205. The lowest BCUT2D eigenvalue weighted by Gasteiger charge is -2.31. The number of hydrogen-bond acceptors (Lipinski definition) is 7. The molecule has 48 heavy (non-hydrogen) atoms. The Morgan fingerprint density at radius 3 is 2.42 bits per heavy atom. The fourth-order valence-electron chi connectivity index (χ4n) is 6.76. The Hall–Kier alpha value is -5.67. The van der Waals surface area contributed by atoms with Crippen molar-refractivity contribution < 1.29 is 9.53 Å². The molecule has 5 heterocycles. The summed E-state index contributed by atoms with van der Waals surface area (Å²) in [5, 5.41) is 7.57. The van der Waals surface area contributed by atoms with E-state index >= 15 is 0 Å². The number of esters is 1. The van der Waals surface area contributed by atoms with Crippen LogP contribution in [-0.4, -0.2) is 60.1 Å². The summed E-state index contributed by atoms with van der Waals surface area (Å²) in [5.41, 5.74) is 8.71. The summed E-state index contributed by atoms with van der Waals surface area (Å²) in [6.07, 6.45) is 3.80. The van der Waals surface area contributed by atoms with Gasteiger partial charge in [-0.2, -0.15) is 5.10 Å². The van der Waals surface area contributed by atoms with Gasteiger partial charge in [0.25, 0.3) is 0 Å². The molecule has 1 saturated heterocycles. The summed E-state index contributed by atoms with van der Waals surface area (Å²) in [6.45, 7) is 4.95. The summed E-state index contributed by atoms with van der Waals surface area (Å²) >= 11 is 0. The maximum Gasteiger partial charge on any atom is 0.340 e. The molecular weight excluding hydrogens is 598 g/mol. The first-order chi connectivity index (χ1) is 23.7. The topological polar surface area (TPSA) is 101 Å². The highest BCUT2D eigenvalue weighted by molar-refractivity contribution is 6.06. The summed E-state index contributed by atoms with van der Waals surface area (Å²) < 4.78 is 7.71. The molecule has 7 aromatic rings. The van der Waals surface area contributed by atoms with Crippen molar-refractivity contribution in [3.63, 3.8) is 0 Å². The average molecular weight is 634 g/mol. The van der Waals surface area contributed by atoms with Gasteiger partial charge in [0.15, 0.2) is 5.82 Å². The van der Waals surface area contributed by atoms with Crippen LogP contribution in [0.5, 0.6) is 0 Å². The zero-order chi connectivity index (χ0) is 32.5. The van der Waals surface area contributed by atoms with E-state index in [9.17, 15) is 4.79 Å². The summed E-state index contributed by atoms with van der Waals surface area (Å²) in [7, 11) is 0. The Bertz CT molecular complexity index is 2200. The molecule has 0 aliphatic carbocycles. The van der Waals surface area contributed by atoms with Crippen LogP contribution in [0.15, 0.2) is 109 Å². The molecule has 8 rings (SSSR count). The molecule has 0 spiro atoms. The van der Waals surface area contributed by atoms with Crippen LogP contribution in [0, 0.1) is 0 Å². The molecule has 0 amide bonds. The smallest absolute Gasteiger partial charge is 0.340 e. The van der Waals surface area contributed by atoms with Crippen molar-refractivity contribution in [2.24, 2.45) is 0 Å². The fourth-order valence-corrected chi connectivity index (χ4v) is 6.76. The molecule has 238 valence electrons. The lowest BCUT2D eigenvalue weighted by molar-refractivity contribution is 0.0529. The van der Waals surface area contributed by atoms with Crippen LogP contribution in [0.25, 0.3) is 50.6 Å². The lowest BCUT2D eigenvalue weighted by Crippen LogP contribution is -2.32. The summed E-state index contributed by atoms with van der Waals surface area (Å²) in [4.78, 5) is 30.1. The summed E-state index contributed by atoms with van der Waals surface area (Å²) in [6, 6.07) is 34.5. The maximum atomic E-state index is 13.4. The molecule has 4 aromatic heterocycles. The largest absolute Gasteiger partial charge is 0.462 e. The predicted octanol–water partition coefficient (Wildman–Crippen LogP) is 7.56. The highest BCUT2D eigenvalue weighted by Gasteiger charge is 2.26. The van der Waals surface area contributed by atoms with Gasteiger partial charge < -0.3 is 9.14 Å². The number of rotatable bonds is 8. The van der Waals surface area contributed by atoms with Crippen molar-refractivity contribution in [2.75, 3.05) is 19.7 Å². The van der Waals surface area contributed by atoms with Crippen LogP contribution in [0.2, 0.25) is 0 Å². The highest BCUT2D eigenvalue weighted by atomic mass is 16.5. The van der Waals surface area contributed by atoms with Crippen LogP contribution >= 0.6 is 0 Å². The molecule has 1 N–H and O–H groups in total. The molecule has 0 saturated carbocycles. The van der Waals surface area contributed by atoms with Gasteiger partial charge in [0.05, 0.1) is 40.1 Å². The van der Waals surface area contributed by atoms with E-state index in [1.54, 1.807) is 6.20 Å². The Morgan fingerprint density at radius 1 is 0.875 bits per heavy atom. The second kappa shape index (κ2) is 12.8. The number of fused-ring (bicyclic) bond motifs is 3. The number of likely N-dealkylation sites (tertiary alicyclic amines) is 1. The number of benzene rings is 3. The Morgan fingerprint density at radius 2 is 1.65 bits per heavy atom. The highest BCUT2D eigenvalue weighted by Crippen LogP contribution is 2.36. The second-order valence-electron chi connectivity index (χ2n) is 12.2. The van der Waals surface area contributed by atoms with E-state index in [1.807, 2.05) is 67.6 Å². The first-order valence-corrected chi connectivity index (χ1v) is 16.5. The third kappa shape index (κ3) is 5.62. The number of ether oxygens (including phenoxy) is 1. The number of pyridine rings is 1. The van der Waals surface area contributed by atoms with Crippen LogP contribution in [0.3, 0.4) is 0 Å². The number of piperidine rings is 1. The number of nitrogens with one attached hydrogen (secondary N) is 1. The van der Waals surface area contributed by atoms with Gasteiger partial charge >= 0.3 is 5.97 Å². The first kappa shape index (κ1) is 29.7. The Labute approximate surface area is 278 Å². The van der Waals surface area contributed by atoms with Crippen molar-refractivity contribution >= 4 is 22.5 Å². The first-order valence-electron chi connectivity index (χ1n) is 16.5. The van der Waals surface area contributed by atoms with E-state index in [2.05, 4.69) is 66.9 Å². The predicted molar refractivity (Wildman–Crippen MR) is 186 cm³/mol. The molecule has 0 bridgehead atoms. The molecule has 0 atom stereocenters. The average Bonchev–Trinajstić information content (AvgIpc) is 3.80. The van der Waals surface area contributed by atoms with Crippen molar-refractivity contribution in [2.45, 2.75) is 32.2 Å². The van der Waals surface area contributed by atoms with Crippen molar-refractivity contribution in [3.05, 3.63) is 126 Å². The van der Waals surface area contributed by atoms with Gasteiger partial charge in [0, 0.05) is 24.2 Å². The van der Waals surface area contributed by atoms with Crippen molar-refractivity contribution in [1.29, 1.82) is 0 Å². The second-order valence-corrected chi connectivity index (χ2v) is 12.2. The number of H-pyrrole nitrogens is 1. The molecule has 3 aromatic carbocycles. The SMILES string of the molecule is CCOC(=O)c1cc(-c2ccccc2)n2c1c(-c1ccc(CN3CCC(c4nc(-c5ccccn5)n[nH]4)CC3)cc1)nc1ccccc12. The van der Waals surface area contributed by atoms with E-state index in [1.165, 1.54) is 5.56 Å². The third-order valence-electron chi connectivity index (χ3n) is 9.15. The van der Waals surface area contributed by atoms with Crippen LogP contribution in [0.4, 0.5) is 0 Å². The van der Waals surface area contributed by atoms with Gasteiger partial charge in [0.2, 0.25) is 0 Å². The molecule has 0 radical (unpaired) electrons. The number of aromatic amines is 1. The summed E-state index contributed by atoms with van der Waals surface area (Å²) in [5.74, 6) is 1.59. The van der Waals surface area contributed by atoms with E-state index in [4.69, 9.17) is 14.7 Å². The monoisotopic (exact) mass is 633 g/mol. The van der Waals surface area contributed by atoms with Gasteiger partial charge in [-0.3, -0.25) is 15.0 Å². The number of carbonyl (C=O) groups is 1. The van der Waals surface area contributed by atoms with Crippen LogP contribution < -0.4 is 0 Å². The minimum Gasteiger partial charge on any atom is -0.462 e. The number of nitrogens with zero attached hydrogens (tertiary/aromatic N) is 6. The number of hydrogen-bond donors (Lipinski definition) is 1. The number of aromatic nitrogens is 6. The number of para-hydroxylation sites is 2. The van der Waals surface area contributed by atoms with Gasteiger partial charge in [-0.25, -0.2) is 14.8 Å². The normalized spacial score (nSPS) is 14.1. The van der Waals surface area contributed by atoms with Gasteiger partial charge in [-0.15, -0.1) is 0 Å². The Kier molecular flexibility index (Phi) is 7.95. The molecular formula is C39H35N7O2. The Balaban J connectivity index is 1.07. The molecule has 9 heteroatoms. The quantitative estimate of drug-likeness (QED) is 0.172. The maximum absolute atomic E-state index is 13.4. The van der Waals surface area contributed by atoms with E-state index in [0.717, 1.165) is 83.1 Å². The molecule has 1 fully saturated rings. The van der Waals surface area contributed by atoms with Crippen molar-refractivity contribution in [3.8, 4) is 34.0 Å². The van der Waals surface area contributed by atoms with Gasteiger partial charge in [0.1, 0.15) is 11.5 Å². The van der Waals surface area contributed by atoms with Crippen LogP contribution in [-0.2, 0) is 11.3 Å². The van der Waals surface area contributed by atoms with E-state index in [0.29, 0.717) is 23.9 Å². The van der Waals surface area contributed by atoms with Gasteiger partial charge in [-0.1, -0.05) is 72.8 Å². The standard InChI is InChI=1S/C39H35N7O2/c1-2-48-39(47)30-24-34(27-10-4-3-5-11-27)46-33-14-7-6-12-31(33)41-35(36(30)46)28-17-15-26(16-18-28)25-45-22-19-29(20-23-45)37-42-38(44-43-37)32-13-8-9-21-40-32/h3-18,21,24,29H,2,19-20,22-23,25H2,1H3,(H,42,43,44). The lowest BCUT2D eigenvalue weighted by atomic mass is 9.95. The zero-order valence-corrected chi connectivity index (χ0v) is 26.7. The van der Waals surface area contributed by atoms with E-state index < -0.39 is 0 Å². The minimum atomic E-state index is -0.353. The van der Waals surface area contributed by atoms with Gasteiger partial charge in [-0.05, 0) is 74.3 Å². The molecule has 1 aliphatic rings. The van der Waals surface area contributed by atoms with Crippen LogP contribution in [0.1, 0.15) is 47.4 Å². The van der Waals surface area contributed by atoms with E-state index in [-0.39, 0.29) is 5.97 Å². The minimum absolute atomic E-state index is 0.295. The molecule has 1 aliphatic heterocycles. The zero-order valence-electron chi connectivity index (χ0n) is 26.7. The van der Waals surface area contributed by atoms with Crippen molar-refractivity contribution in [1.82, 2.24) is 34.4 Å². The third-order valence-corrected chi connectivity index (χ3v) is 9.15. The molecule has 9 nitrogen and oxygen atoms in total.